The lowest BCUT2D eigenvalue weighted by Crippen LogP contribution is -2.12. The Labute approximate surface area is 104 Å². The maximum absolute atomic E-state index is 11.2. The molecule has 0 aliphatic heterocycles. The van der Waals surface area contributed by atoms with Crippen molar-refractivity contribution in [2.24, 2.45) is 0 Å². The number of fused-ring (bicyclic) bond motifs is 1. The first-order valence-electron chi connectivity index (χ1n) is 4.55. The fourth-order valence-corrected chi connectivity index (χ4v) is 2.44. The third kappa shape index (κ3) is 2.48. The molecule has 0 saturated heterocycles. The van der Waals surface area contributed by atoms with E-state index in [1.165, 1.54) is 11.3 Å². The van der Waals surface area contributed by atoms with Gasteiger partial charge in [0, 0.05) is 10.7 Å². The van der Waals surface area contributed by atoms with E-state index in [4.69, 9.17) is 4.74 Å². The summed E-state index contributed by atoms with van der Waals surface area (Å²) >= 11 is 4.67. The third-order valence-corrected chi connectivity index (χ3v) is 3.04. The molecule has 2 heterocycles. The van der Waals surface area contributed by atoms with Crippen LogP contribution in [0.4, 0.5) is 9.93 Å². The van der Waals surface area contributed by atoms with Crippen molar-refractivity contribution in [2.45, 2.75) is 6.92 Å². The Balaban J connectivity index is 2.23. The maximum Gasteiger partial charge on any atom is 0.413 e. The van der Waals surface area contributed by atoms with Gasteiger partial charge in [0.15, 0.2) is 10.8 Å². The number of thiazole rings is 1. The molecule has 0 bridgehead atoms. The van der Waals surface area contributed by atoms with Crippen LogP contribution in [-0.4, -0.2) is 22.7 Å². The van der Waals surface area contributed by atoms with Gasteiger partial charge < -0.3 is 4.74 Å². The largest absolute Gasteiger partial charge is 0.450 e. The van der Waals surface area contributed by atoms with Crippen LogP contribution >= 0.6 is 27.3 Å². The number of rotatable bonds is 2. The Hall–Kier alpha value is -1.21. The summed E-state index contributed by atoms with van der Waals surface area (Å²) in [5, 5.41) is 3.03. The predicted molar refractivity (Wildman–Crippen MR) is 65.8 cm³/mol. The fraction of sp³-hybridized carbons (Fsp3) is 0.222. The zero-order chi connectivity index (χ0) is 11.5. The molecular weight excluding hydrogens is 294 g/mol. The highest BCUT2D eigenvalue weighted by atomic mass is 79.9. The van der Waals surface area contributed by atoms with Gasteiger partial charge in [0.05, 0.1) is 11.3 Å². The number of aromatic nitrogens is 2. The number of pyridine rings is 1. The van der Waals surface area contributed by atoms with Gasteiger partial charge in [-0.25, -0.2) is 9.78 Å². The van der Waals surface area contributed by atoms with Crippen LogP contribution in [0.5, 0.6) is 0 Å². The lowest BCUT2D eigenvalue weighted by Gasteiger charge is -1.99. The van der Waals surface area contributed by atoms with Crippen LogP contribution in [0.1, 0.15) is 6.92 Å². The van der Waals surface area contributed by atoms with Gasteiger partial charge in [-0.2, -0.15) is 4.98 Å². The van der Waals surface area contributed by atoms with Crippen molar-refractivity contribution in [1.82, 2.24) is 9.97 Å². The smallest absolute Gasteiger partial charge is 0.413 e. The van der Waals surface area contributed by atoms with Crippen LogP contribution in [0.15, 0.2) is 16.7 Å². The molecule has 0 aliphatic rings. The number of hydrogen-bond acceptors (Lipinski definition) is 5. The number of carbonyl (C=O) groups excluding carboxylic acids is 1. The molecule has 2 aromatic heterocycles. The van der Waals surface area contributed by atoms with E-state index in [9.17, 15) is 4.79 Å². The molecule has 0 spiro atoms. The second kappa shape index (κ2) is 4.75. The number of anilines is 1. The Bertz CT molecular complexity index is 528. The molecule has 0 unspecified atom stereocenters. The Morgan fingerprint density at radius 2 is 2.50 bits per heavy atom. The molecule has 0 aromatic carbocycles. The molecule has 84 valence electrons. The summed E-state index contributed by atoms with van der Waals surface area (Å²) in [5.74, 6) is 0. The van der Waals surface area contributed by atoms with E-state index in [0.29, 0.717) is 17.4 Å². The quantitative estimate of drug-likeness (QED) is 0.926. The van der Waals surface area contributed by atoms with Gasteiger partial charge in [0.25, 0.3) is 0 Å². The zero-order valence-electron chi connectivity index (χ0n) is 8.36. The van der Waals surface area contributed by atoms with Crippen molar-refractivity contribution < 1.29 is 9.53 Å². The van der Waals surface area contributed by atoms with Gasteiger partial charge >= 0.3 is 6.09 Å². The minimum atomic E-state index is -0.499. The molecule has 16 heavy (non-hydrogen) atoms. The Morgan fingerprint density at radius 3 is 3.25 bits per heavy atom. The number of carbonyl (C=O) groups is 1. The molecule has 7 heteroatoms. The molecule has 1 N–H and O–H groups in total. The van der Waals surface area contributed by atoms with E-state index in [0.717, 1.165) is 9.17 Å². The number of ether oxygens (including phenoxy) is 1. The molecule has 5 nitrogen and oxygen atoms in total. The van der Waals surface area contributed by atoms with Crippen LogP contribution in [0.3, 0.4) is 0 Å². The molecule has 0 fully saturated rings. The Morgan fingerprint density at radius 1 is 1.69 bits per heavy atom. The second-order valence-corrected chi connectivity index (χ2v) is 4.79. The number of nitrogens with zero attached hydrogens (tertiary/aromatic N) is 2. The van der Waals surface area contributed by atoms with Crippen molar-refractivity contribution in [3.05, 3.63) is 16.7 Å². The molecule has 0 saturated carbocycles. The normalized spacial score (nSPS) is 10.4. The summed E-state index contributed by atoms with van der Waals surface area (Å²) in [4.78, 5) is 19.4. The first kappa shape index (κ1) is 11.3. The zero-order valence-corrected chi connectivity index (χ0v) is 10.8. The van der Waals surface area contributed by atoms with Crippen molar-refractivity contribution in [2.75, 3.05) is 11.9 Å². The highest BCUT2D eigenvalue weighted by Gasteiger charge is 2.08. The lowest BCUT2D eigenvalue weighted by atomic mass is 10.5. The predicted octanol–water partition coefficient (Wildman–Crippen LogP) is 3.02. The second-order valence-electron chi connectivity index (χ2n) is 2.84. The minimum Gasteiger partial charge on any atom is -0.450 e. The van der Waals surface area contributed by atoms with E-state index in [-0.39, 0.29) is 0 Å². The van der Waals surface area contributed by atoms with Gasteiger partial charge in [-0.3, -0.25) is 5.32 Å². The van der Waals surface area contributed by atoms with E-state index in [1.807, 2.05) is 6.07 Å². The standard InChI is InChI=1S/C9H8BrN3O2S/c1-2-15-9(14)13-8-12-7-6(16-8)3-5(10)4-11-7/h3-4H,2H2,1H3,(H,11,12,13,14). The molecule has 1 amide bonds. The third-order valence-electron chi connectivity index (χ3n) is 1.70. The SMILES string of the molecule is CCOC(=O)Nc1nc2ncc(Br)cc2s1. The minimum absolute atomic E-state index is 0.334. The molecule has 0 atom stereocenters. The van der Waals surface area contributed by atoms with Gasteiger partial charge in [0.1, 0.15) is 0 Å². The summed E-state index contributed by atoms with van der Waals surface area (Å²) in [5.41, 5.74) is 0.611. The highest BCUT2D eigenvalue weighted by molar-refractivity contribution is 9.10. The van der Waals surface area contributed by atoms with Gasteiger partial charge in [-0.1, -0.05) is 11.3 Å². The molecule has 2 rings (SSSR count). The Kier molecular flexibility index (Phi) is 3.35. The first-order valence-corrected chi connectivity index (χ1v) is 6.16. The monoisotopic (exact) mass is 301 g/mol. The van der Waals surface area contributed by atoms with E-state index in [1.54, 1.807) is 13.1 Å². The van der Waals surface area contributed by atoms with E-state index < -0.39 is 6.09 Å². The number of nitrogens with one attached hydrogen (secondary N) is 1. The summed E-state index contributed by atoms with van der Waals surface area (Å²) in [6.45, 7) is 2.08. The van der Waals surface area contributed by atoms with Gasteiger partial charge in [0.2, 0.25) is 0 Å². The highest BCUT2D eigenvalue weighted by Crippen LogP contribution is 2.26. The summed E-state index contributed by atoms with van der Waals surface area (Å²) in [6.07, 6.45) is 1.16. The molecular formula is C9H8BrN3O2S. The maximum atomic E-state index is 11.2. The lowest BCUT2D eigenvalue weighted by molar-refractivity contribution is 0.168. The van der Waals surface area contributed by atoms with Crippen LogP contribution < -0.4 is 5.32 Å². The van der Waals surface area contributed by atoms with E-state index in [2.05, 4.69) is 31.2 Å². The number of amides is 1. The van der Waals surface area contributed by atoms with Crippen LogP contribution in [0.2, 0.25) is 0 Å². The van der Waals surface area contributed by atoms with E-state index >= 15 is 0 Å². The summed E-state index contributed by atoms with van der Waals surface area (Å²) in [6, 6.07) is 1.90. The van der Waals surface area contributed by atoms with Crippen molar-refractivity contribution in [3.63, 3.8) is 0 Å². The number of halogens is 1. The van der Waals surface area contributed by atoms with Crippen LogP contribution in [0, 0.1) is 0 Å². The number of hydrogen-bond donors (Lipinski definition) is 1. The van der Waals surface area contributed by atoms with Gasteiger partial charge in [-0.15, -0.1) is 0 Å². The average Bonchev–Trinajstić information content (AvgIpc) is 2.59. The topological polar surface area (TPSA) is 64.1 Å². The summed E-state index contributed by atoms with van der Waals surface area (Å²) in [7, 11) is 0. The van der Waals surface area contributed by atoms with Crippen LogP contribution in [0.25, 0.3) is 10.3 Å². The molecule has 0 aliphatic carbocycles. The van der Waals surface area contributed by atoms with Gasteiger partial charge in [-0.05, 0) is 28.9 Å². The average molecular weight is 302 g/mol. The fourth-order valence-electron chi connectivity index (χ4n) is 1.10. The van der Waals surface area contributed by atoms with Crippen molar-refractivity contribution in [3.8, 4) is 0 Å². The first-order chi connectivity index (χ1) is 7.69. The molecule has 2 aromatic rings. The summed E-state index contributed by atoms with van der Waals surface area (Å²) < 4.78 is 6.54. The van der Waals surface area contributed by atoms with Crippen molar-refractivity contribution >= 4 is 48.8 Å². The molecule has 0 radical (unpaired) electrons. The van der Waals surface area contributed by atoms with Crippen LogP contribution in [-0.2, 0) is 4.74 Å². The van der Waals surface area contributed by atoms with Crippen molar-refractivity contribution in [1.29, 1.82) is 0 Å².